The molecule has 0 saturated carbocycles. The van der Waals surface area contributed by atoms with E-state index in [0.29, 0.717) is 18.0 Å². The number of nitrogens with zero attached hydrogens (tertiary/aromatic N) is 1. The molecule has 5 unspecified atom stereocenters. The van der Waals surface area contributed by atoms with E-state index in [2.05, 4.69) is 30.2 Å². The van der Waals surface area contributed by atoms with E-state index in [0.717, 1.165) is 9.88 Å². The van der Waals surface area contributed by atoms with Gasteiger partial charge in [-0.15, -0.1) is 36.6 Å². The number of ether oxygens (including phenoxy) is 4. The quantitative estimate of drug-likeness (QED) is 0.232. The number of aromatic nitrogens is 1. The maximum atomic E-state index is 13.8. The van der Waals surface area contributed by atoms with Crippen LogP contribution in [0.3, 0.4) is 0 Å². The minimum Gasteiger partial charge on any atom is -0.462 e. The summed E-state index contributed by atoms with van der Waals surface area (Å²) in [4.78, 5) is 36.5. The molecule has 15 heteroatoms. The van der Waals surface area contributed by atoms with Crippen LogP contribution < -0.4 is 5.30 Å². The Labute approximate surface area is 222 Å². The Morgan fingerprint density at radius 2 is 1.72 bits per heavy atom. The van der Waals surface area contributed by atoms with Crippen molar-refractivity contribution in [3.05, 3.63) is 22.2 Å². The number of carbonyl (C=O) groups excluding carboxylic acids is 2. The highest BCUT2D eigenvalue weighted by atomic mass is 32.1. The molecule has 1 N–H and O–H groups in total. The van der Waals surface area contributed by atoms with Crippen LogP contribution in [0.5, 0.6) is 0 Å². The fourth-order valence-electron chi connectivity index (χ4n) is 3.98. The molecule has 0 radical (unpaired) electrons. The van der Waals surface area contributed by atoms with Crippen molar-refractivity contribution in [1.82, 2.24) is 4.98 Å². The van der Waals surface area contributed by atoms with Crippen molar-refractivity contribution < 1.29 is 46.9 Å². The van der Waals surface area contributed by atoms with E-state index in [-0.39, 0.29) is 11.1 Å². The second-order valence-electron chi connectivity index (χ2n) is 8.97. The molecule has 2 fully saturated rings. The number of carbonyl (C=O) groups is 2. The SMILES string of the molecule is Cc1nc(-c2occc2P(=O)(O)OC(C2(S)OC(=O)OC2C)C2(S)OC(=O)OC2C)c(CC(C)C)s1. The van der Waals surface area contributed by atoms with Gasteiger partial charge < -0.3 is 28.3 Å². The maximum absolute atomic E-state index is 13.8. The average Bonchev–Trinajstić information content (AvgIpc) is 3.48. The fourth-order valence-corrected chi connectivity index (χ4v) is 7.51. The van der Waals surface area contributed by atoms with Crippen molar-refractivity contribution in [3.63, 3.8) is 0 Å². The van der Waals surface area contributed by atoms with E-state index >= 15 is 0 Å². The zero-order chi connectivity index (χ0) is 26.6. The zero-order valence-corrected chi connectivity index (χ0v) is 23.5. The number of thiazole rings is 1. The molecule has 2 aliphatic rings. The summed E-state index contributed by atoms with van der Waals surface area (Å²) in [5.74, 6) is 0.357. The normalized spacial score (nSPS) is 30.5. The first-order valence-electron chi connectivity index (χ1n) is 11.0. The fraction of sp³-hybridized carbons (Fsp3) is 0.571. The summed E-state index contributed by atoms with van der Waals surface area (Å²) in [5.41, 5.74) is 0.426. The van der Waals surface area contributed by atoms with Gasteiger partial charge >= 0.3 is 19.9 Å². The molecule has 0 spiro atoms. The molecule has 2 aromatic rings. The van der Waals surface area contributed by atoms with Crippen molar-refractivity contribution >= 4 is 61.8 Å². The lowest BCUT2D eigenvalue weighted by atomic mass is 9.99. The average molecular weight is 580 g/mol. The summed E-state index contributed by atoms with van der Waals surface area (Å²) in [7, 11) is -4.80. The Hall–Kier alpha value is -1.70. The molecular formula is C21H26NO10PS3. The van der Waals surface area contributed by atoms with Crippen LogP contribution in [0.2, 0.25) is 0 Å². The summed E-state index contributed by atoms with van der Waals surface area (Å²) in [6.45, 7) is 8.80. The van der Waals surface area contributed by atoms with Gasteiger partial charge in [-0.25, -0.2) is 14.6 Å². The molecule has 4 rings (SSSR count). The largest absolute Gasteiger partial charge is 0.510 e. The zero-order valence-electron chi connectivity index (χ0n) is 20.0. The second-order valence-corrected chi connectivity index (χ2v) is 13.4. The standard InChI is InChI=1S/C21H26NO10PS3/c1-9(2)8-14-15(22-12(5)36-14)16-13(6-7-27-16)33(25,26)32-17(20(34)10(3)28-18(23)30-20)21(35)11(4)29-19(24)31-21/h6-7,9-11,17,34-35H,8H2,1-5H3,(H,25,26). The predicted octanol–water partition coefficient (Wildman–Crippen LogP) is 4.47. The van der Waals surface area contributed by atoms with E-state index in [1.165, 1.54) is 37.5 Å². The first-order chi connectivity index (χ1) is 16.7. The number of hydrogen-bond donors (Lipinski definition) is 3. The smallest absolute Gasteiger partial charge is 0.462 e. The summed E-state index contributed by atoms with van der Waals surface area (Å²) < 4.78 is 45.7. The van der Waals surface area contributed by atoms with Crippen LogP contribution in [0, 0.1) is 12.8 Å². The van der Waals surface area contributed by atoms with Crippen molar-refractivity contribution in [3.8, 4) is 11.5 Å². The van der Waals surface area contributed by atoms with Crippen LogP contribution in [0.25, 0.3) is 11.5 Å². The highest BCUT2D eigenvalue weighted by Crippen LogP contribution is 2.55. The van der Waals surface area contributed by atoms with Gasteiger partial charge in [0.25, 0.3) is 0 Å². The monoisotopic (exact) mass is 579 g/mol. The van der Waals surface area contributed by atoms with Crippen LogP contribution >= 0.6 is 44.2 Å². The minimum absolute atomic E-state index is 0.0569. The lowest BCUT2D eigenvalue weighted by Crippen LogP contribution is -2.59. The number of furan rings is 1. The van der Waals surface area contributed by atoms with E-state index < -0.39 is 48.1 Å². The van der Waals surface area contributed by atoms with Crippen LogP contribution in [0.15, 0.2) is 16.7 Å². The molecular weight excluding hydrogens is 553 g/mol. The van der Waals surface area contributed by atoms with Gasteiger partial charge in [0.15, 0.2) is 24.1 Å². The Balaban J connectivity index is 1.78. The molecule has 0 aromatic carbocycles. The van der Waals surface area contributed by atoms with Gasteiger partial charge in [0.2, 0.25) is 9.87 Å². The van der Waals surface area contributed by atoms with E-state index in [1.807, 2.05) is 20.8 Å². The predicted molar refractivity (Wildman–Crippen MR) is 135 cm³/mol. The lowest BCUT2D eigenvalue weighted by Gasteiger charge is -2.40. The molecule has 36 heavy (non-hydrogen) atoms. The summed E-state index contributed by atoms with van der Waals surface area (Å²) >= 11 is 10.3. The molecule has 2 aliphatic heterocycles. The number of rotatable bonds is 8. The van der Waals surface area contributed by atoms with Crippen LogP contribution in [-0.4, -0.2) is 50.4 Å². The topological polar surface area (TPSA) is 144 Å². The molecule has 0 amide bonds. The summed E-state index contributed by atoms with van der Waals surface area (Å²) in [5, 5.41) is 0.568. The summed E-state index contributed by atoms with van der Waals surface area (Å²) in [6, 6.07) is 1.29. The summed E-state index contributed by atoms with van der Waals surface area (Å²) in [6.07, 6.45) is -4.16. The number of hydrogen-bond acceptors (Lipinski definition) is 13. The number of cyclic esters (lactones) is 4. The van der Waals surface area contributed by atoms with E-state index in [4.69, 9.17) is 27.9 Å². The van der Waals surface area contributed by atoms with Gasteiger partial charge in [-0.3, -0.25) is 9.09 Å². The number of aryl methyl sites for hydroxylation is 1. The molecule has 198 valence electrons. The highest BCUT2D eigenvalue weighted by molar-refractivity contribution is 7.83. The van der Waals surface area contributed by atoms with Gasteiger partial charge in [0.1, 0.15) is 11.0 Å². The third-order valence-corrected chi connectivity index (χ3v) is 9.60. The van der Waals surface area contributed by atoms with E-state index in [1.54, 1.807) is 0 Å². The Kier molecular flexibility index (Phi) is 7.26. The molecule has 5 atom stereocenters. The van der Waals surface area contributed by atoms with Crippen molar-refractivity contribution in [2.75, 3.05) is 0 Å². The maximum Gasteiger partial charge on any atom is 0.510 e. The Bertz CT molecular complexity index is 1190. The van der Waals surface area contributed by atoms with Crippen LogP contribution in [0.1, 0.15) is 37.6 Å². The number of thiol groups is 2. The van der Waals surface area contributed by atoms with Gasteiger partial charge in [-0.2, -0.15) is 0 Å². The lowest BCUT2D eigenvalue weighted by molar-refractivity contribution is -0.0781. The Morgan fingerprint density at radius 1 is 1.17 bits per heavy atom. The minimum atomic E-state index is -4.80. The second kappa shape index (κ2) is 9.55. The molecule has 4 heterocycles. The van der Waals surface area contributed by atoms with Crippen molar-refractivity contribution in [2.45, 2.75) is 69.2 Å². The van der Waals surface area contributed by atoms with Gasteiger partial charge in [-0.1, -0.05) is 13.8 Å². The molecule has 11 nitrogen and oxygen atoms in total. The molecule has 0 aliphatic carbocycles. The highest BCUT2D eigenvalue weighted by Gasteiger charge is 2.67. The first kappa shape index (κ1) is 27.3. The van der Waals surface area contributed by atoms with Crippen LogP contribution in [-0.2, 0) is 34.5 Å². The van der Waals surface area contributed by atoms with Crippen molar-refractivity contribution in [1.29, 1.82) is 0 Å². The third kappa shape index (κ3) is 4.79. The van der Waals surface area contributed by atoms with Gasteiger partial charge in [0.05, 0.1) is 11.3 Å². The van der Waals surface area contributed by atoms with Crippen LogP contribution in [0.4, 0.5) is 9.59 Å². The molecule has 0 bridgehead atoms. The molecule has 2 aromatic heterocycles. The van der Waals surface area contributed by atoms with E-state index in [9.17, 15) is 19.0 Å². The Morgan fingerprint density at radius 3 is 2.19 bits per heavy atom. The van der Waals surface area contributed by atoms with Crippen molar-refractivity contribution in [2.24, 2.45) is 5.92 Å². The van der Waals surface area contributed by atoms with Gasteiger partial charge in [-0.05, 0) is 39.2 Å². The third-order valence-electron chi connectivity index (χ3n) is 5.77. The first-order valence-corrected chi connectivity index (χ1v) is 14.3. The van der Waals surface area contributed by atoms with Gasteiger partial charge in [0, 0.05) is 4.88 Å². The molecule has 2 saturated heterocycles.